The van der Waals surface area contributed by atoms with Crippen LogP contribution in [-0.2, 0) is 4.74 Å². The molecule has 0 saturated heterocycles. The molecule has 2 atom stereocenters. The minimum absolute atomic E-state index is 0.0610. The fourth-order valence-electron chi connectivity index (χ4n) is 5.57. The fraction of sp³-hybridized carbons (Fsp3) is 0.208. The number of benzene rings is 5. The number of thioether (sulfide) groups is 2. The first-order chi connectivity index (χ1) is 31.0. The van der Waals surface area contributed by atoms with Crippen molar-refractivity contribution in [3.05, 3.63) is 153 Å². The van der Waals surface area contributed by atoms with Gasteiger partial charge >= 0.3 is 23.9 Å². The maximum atomic E-state index is 13.4. The summed E-state index contributed by atoms with van der Waals surface area (Å²) in [4.78, 5) is 56.3. The zero-order valence-electron chi connectivity index (χ0n) is 34.7. The van der Waals surface area contributed by atoms with Crippen LogP contribution in [0.15, 0.2) is 129 Å². The van der Waals surface area contributed by atoms with E-state index in [2.05, 4.69) is 4.85 Å². The van der Waals surface area contributed by atoms with Crippen LogP contribution in [0.1, 0.15) is 68.1 Å². The molecule has 0 radical (unpaired) electrons. The molecule has 0 saturated carbocycles. The Morgan fingerprint density at radius 3 is 1.34 bits per heavy atom. The van der Waals surface area contributed by atoms with Gasteiger partial charge < -0.3 is 38.3 Å². The maximum Gasteiger partial charge on any atom is 0.343 e. The summed E-state index contributed by atoms with van der Waals surface area (Å²) in [5.41, 5.74) is 0.660. The van der Waals surface area contributed by atoms with E-state index in [1.54, 1.807) is 55.6 Å². The second-order valence-corrected chi connectivity index (χ2v) is 16.3. The van der Waals surface area contributed by atoms with Gasteiger partial charge in [-0.15, -0.1) is 0 Å². The molecule has 0 bridgehead atoms. The normalized spacial score (nSPS) is 13.2. The van der Waals surface area contributed by atoms with Gasteiger partial charge in [0.1, 0.15) is 34.5 Å². The van der Waals surface area contributed by atoms with Gasteiger partial charge in [0, 0.05) is 20.1 Å². The topological polar surface area (TPSA) is 181 Å². The Labute approximate surface area is 377 Å². The van der Waals surface area contributed by atoms with E-state index < -0.39 is 23.9 Å². The summed E-state index contributed by atoms with van der Waals surface area (Å²) >= 11 is 2.05. The molecular formula is C48H40N2O12S2. The number of hydrogen-bond acceptors (Lipinski definition) is 15. The largest absolute Gasteiger partial charge is 0.494 e. The third kappa shape index (κ3) is 12.3. The first-order valence-corrected chi connectivity index (χ1v) is 21.3. The average molecular weight is 901 g/mol. The fourth-order valence-corrected chi connectivity index (χ4v) is 8.04. The number of carbonyl (C=O) groups excluding carboxylic acids is 4. The molecule has 2 unspecified atom stereocenters. The summed E-state index contributed by atoms with van der Waals surface area (Å²) < 4.78 is 39.4. The third-order valence-corrected chi connectivity index (χ3v) is 12.0. The van der Waals surface area contributed by atoms with Gasteiger partial charge in [-0.2, -0.15) is 0 Å². The Hall–Kier alpha value is -7.08. The Morgan fingerprint density at radius 2 is 0.984 bits per heavy atom. The van der Waals surface area contributed by atoms with Crippen LogP contribution in [0, 0.1) is 23.8 Å². The molecule has 1 N–H and O–H groups in total. The van der Waals surface area contributed by atoms with E-state index in [1.165, 1.54) is 60.7 Å². The van der Waals surface area contributed by atoms with Crippen molar-refractivity contribution in [3.8, 4) is 40.6 Å². The van der Waals surface area contributed by atoms with E-state index in [1.807, 2.05) is 19.9 Å². The second kappa shape index (κ2) is 22.3. The van der Waals surface area contributed by atoms with Gasteiger partial charge in [-0.1, -0.05) is 30.4 Å². The van der Waals surface area contributed by atoms with Crippen molar-refractivity contribution in [3.63, 3.8) is 0 Å². The summed E-state index contributed by atoms with van der Waals surface area (Å²) in [5, 5.41) is 18.8. The van der Waals surface area contributed by atoms with Crippen LogP contribution in [0.4, 0.5) is 0 Å². The SMILES string of the molecule is [C-]#[N+]/C(C#N)=C1\Sc2c(OC(=O)c3ccc(OC(=O)c4ccc(OCCC(C)CO)cc4)cc3)ccc(OC(=O)c3ccc(OC(=O)c4ccc(OCCC(C)OC)cc4)cc3)c2S1. The van der Waals surface area contributed by atoms with Crippen LogP contribution >= 0.6 is 23.5 Å². The van der Waals surface area contributed by atoms with Gasteiger partial charge in [-0.3, -0.25) is 0 Å². The first-order valence-electron chi connectivity index (χ1n) is 19.7. The van der Waals surface area contributed by atoms with Crippen molar-refractivity contribution in [2.24, 2.45) is 5.92 Å². The Kier molecular flexibility index (Phi) is 16.2. The van der Waals surface area contributed by atoms with E-state index in [9.17, 15) is 24.4 Å². The molecule has 64 heavy (non-hydrogen) atoms. The van der Waals surface area contributed by atoms with Crippen LogP contribution in [0.2, 0.25) is 0 Å². The first kappa shape index (κ1) is 46.4. The number of aliphatic hydroxyl groups excluding tert-OH is 1. The molecule has 326 valence electrons. The number of aliphatic hydroxyl groups is 1. The van der Waals surface area contributed by atoms with Crippen molar-refractivity contribution in [1.29, 1.82) is 5.26 Å². The van der Waals surface area contributed by atoms with Crippen LogP contribution in [-0.4, -0.2) is 62.0 Å². The Balaban J connectivity index is 1.07. The van der Waals surface area contributed by atoms with Crippen LogP contribution in [0.25, 0.3) is 4.85 Å². The van der Waals surface area contributed by atoms with Crippen molar-refractivity contribution >= 4 is 47.4 Å². The number of fused-ring (bicyclic) bond motifs is 1. The summed E-state index contributed by atoms with van der Waals surface area (Å²) in [6.07, 6.45) is 1.46. The Morgan fingerprint density at radius 1 is 0.609 bits per heavy atom. The molecule has 0 spiro atoms. The lowest BCUT2D eigenvalue weighted by molar-refractivity contribution is 0.0709. The second-order valence-electron chi connectivity index (χ2n) is 14.0. The molecule has 5 aromatic carbocycles. The predicted molar refractivity (Wildman–Crippen MR) is 236 cm³/mol. The number of carbonyl (C=O) groups is 4. The van der Waals surface area contributed by atoms with Crippen molar-refractivity contribution in [1.82, 2.24) is 0 Å². The molecule has 6 rings (SSSR count). The maximum absolute atomic E-state index is 13.4. The van der Waals surface area contributed by atoms with E-state index >= 15 is 0 Å². The lowest BCUT2D eigenvalue weighted by Crippen LogP contribution is -2.12. The van der Waals surface area contributed by atoms with E-state index in [4.69, 9.17) is 44.8 Å². The molecule has 0 aromatic heterocycles. The highest BCUT2D eigenvalue weighted by molar-refractivity contribution is 8.24. The molecule has 0 amide bonds. The lowest BCUT2D eigenvalue weighted by Gasteiger charge is -2.12. The van der Waals surface area contributed by atoms with Gasteiger partial charge in [0.2, 0.25) is 0 Å². The summed E-state index contributed by atoms with van der Waals surface area (Å²) in [5.74, 6) is -0.879. The highest BCUT2D eigenvalue weighted by atomic mass is 32.2. The predicted octanol–water partition coefficient (Wildman–Crippen LogP) is 9.57. The monoisotopic (exact) mass is 900 g/mol. The van der Waals surface area contributed by atoms with Gasteiger partial charge in [0.05, 0.1) is 68.2 Å². The lowest BCUT2D eigenvalue weighted by atomic mass is 10.1. The zero-order valence-corrected chi connectivity index (χ0v) is 36.4. The van der Waals surface area contributed by atoms with Crippen LogP contribution in [0.3, 0.4) is 0 Å². The molecule has 0 fully saturated rings. The number of ether oxygens (including phenoxy) is 7. The minimum atomic E-state index is -0.752. The smallest absolute Gasteiger partial charge is 0.343 e. The molecular weight excluding hydrogens is 861 g/mol. The molecule has 1 aliphatic rings. The summed E-state index contributed by atoms with van der Waals surface area (Å²) in [6, 6.07) is 29.2. The van der Waals surface area contributed by atoms with Gasteiger partial charge in [-0.25, -0.2) is 29.3 Å². The summed E-state index contributed by atoms with van der Waals surface area (Å²) in [6.45, 7) is 12.3. The number of nitrogens with zero attached hydrogens (tertiary/aromatic N) is 2. The molecule has 1 heterocycles. The van der Waals surface area contributed by atoms with E-state index in [-0.39, 0.29) is 64.0 Å². The zero-order chi connectivity index (χ0) is 45.6. The van der Waals surface area contributed by atoms with Crippen molar-refractivity contribution < 1.29 is 57.4 Å². The number of nitriles is 1. The molecule has 1 aliphatic heterocycles. The molecule has 16 heteroatoms. The highest BCUT2D eigenvalue weighted by Gasteiger charge is 2.30. The highest BCUT2D eigenvalue weighted by Crippen LogP contribution is 2.59. The third-order valence-electron chi connectivity index (χ3n) is 9.41. The Bertz CT molecular complexity index is 2420. The molecule has 5 aromatic rings. The number of methoxy groups -OCH3 is 1. The van der Waals surface area contributed by atoms with Crippen LogP contribution < -0.4 is 28.4 Å². The molecule has 14 nitrogen and oxygen atoms in total. The average Bonchev–Trinajstić information content (AvgIpc) is 3.77. The van der Waals surface area contributed by atoms with E-state index in [0.717, 1.165) is 23.5 Å². The van der Waals surface area contributed by atoms with Gasteiger partial charge in [0.15, 0.2) is 0 Å². The van der Waals surface area contributed by atoms with E-state index in [0.29, 0.717) is 57.1 Å². The van der Waals surface area contributed by atoms with Crippen molar-refractivity contribution in [2.45, 2.75) is 42.6 Å². The van der Waals surface area contributed by atoms with Gasteiger partial charge in [-0.05, 0) is 128 Å². The van der Waals surface area contributed by atoms with Crippen molar-refractivity contribution in [2.75, 3.05) is 26.9 Å². The van der Waals surface area contributed by atoms with Crippen LogP contribution in [0.5, 0.6) is 34.5 Å². The number of esters is 4. The quantitative estimate of drug-likeness (QED) is 0.0380. The summed E-state index contributed by atoms with van der Waals surface area (Å²) in [7, 11) is 1.63. The standard InChI is InChI=1S/C48H40N2O12S2/c1-29(28-51)23-25-57-35-13-5-31(6-14-35)44(52)59-37-17-9-33(10-18-37)46(54)61-40-21-22-41(43-42(40)63-48(64-43)39(27-49)50-3)62-47(55)34-11-19-38(20-12-34)60-45(53)32-7-15-36(16-8-32)58-26-24-30(2)56-4/h5-22,29-30,51H,23-26,28H2,1-2,4H3/b48-39+. The number of allylic oxidation sites excluding steroid dienone is 1. The van der Waals surface area contributed by atoms with Gasteiger partial charge in [0.25, 0.3) is 5.70 Å². The molecule has 0 aliphatic carbocycles. The minimum Gasteiger partial charge on any atom is -0.494 e. The number of rotatable bonds is 18. The number of hydrogen-bond donors (Lipinski definition) is 1.